The van der Waals surface area contributed by atoms with Gasteiger partial charge in [0, 0.05) is 18.3 Å². The fourth-order valence-electron chi connectivity index (χ4n) is 3.03. The predicted octanol–water partition coefficient (Wildman–Crippen LogP) is 5.47. The van der Waals surface area contributed by atoms with E-state index in [0.717, 1.165) is 0 Å². The molecule has 0 unspecified atom stereocenters. The highest BCUT2D eigenvalue weighted by molar-refractivity contribution is 9.10. The smallest absolute Gasteiger partial charge is 0.199 e. The van der Waals surface area contributed by atoms with Crippen LogP contribution in [0.4, 0.5) is 15.9 Å². The van der Waals surface area contributed by atoms with Gasteiger partial charge in [-0.3, -0.25) is 0 Å². The van der Waals surface area contributed by atoms with Gasteiger partial charge in [0.25, 0.3) is 0 Å². The number of hydrogen-bond donors (Lipinski definition) is 1. The van der Waals surface area contributed by atoms with Gasteiger partial charge in [-0.15, -0.1) is 0 Å². The minimum Gasteiger partial charge on any atom is -0.457 e. The number of aryl methyl sites for hydroxylation is 1. The van der Waals surface area contributed by atoms with Crippen LogP contribution < -0.4 is 10.1 Å². The van der Waals surface area contributed by atoms with E-state index in [4.69, 9.17) is 16.3 Å². The topological polar surface area (TPSA) is 90.1 Å². The van der Waals surface area contributed by atoms with Crippen molar-refractivity contribution in [1.29, 1.82) is 0 Å². The fraction of sp³-hybridized carbons (Fsp3) is 0.0500. The van der Waals surface area contributed by atoms with Crippen LogP contribution in [-0.4, -0.2) is 29.5 Å². The normalized spacial score (nSPS) is 11.2. The third-order valence-electron chi connectivity index (χ3n) is 4.48. The van der Waals surface area contributed by atoms with E-state index in [2.05, 4.69) is 46.3 Å². The molecule has 5 aromatic rings. The van der Waals surface area contributed by atoms with Crippen LogP contribution in [0.5, 0.6) is 11.5 Å². The molecule has 0 radical (unpaired) electrons. The molecule has 0 aliphatic heterocycles. The molecule has 1 aromatic carbocycles. The molecule has 0 aliphatic rings. The summed E-state index contributed by atoms with van der Waals surface area (Å²) in [6.45, 7) is 1.82. The van der Waals surface area contributed by atoms with Crippen molar-refractivity contribution < 1.29 is 9.13 Å². The standard InChI is InChI=1S/C20H12BrClFN7O/c1-10-6-14(26-19-18-13(27-20(21)29-19)2-3-16(22)28-18)12(23)8-15(10)31-11-4-5-30-17(7-11)24-9-25-30/h2-9H,1H3,(H,26,27,29). The summed E-state index contributed by atoms with van der Waals surface area (Å²) in [6, 6.07) is 9.73. The highest BCUT2D eigenvalue weighted by Crippen LogP contribution is 2.32. The summed E-state index contributed by atoms with van der Waals surface area (Å²) in [7, 11) is 0. The van der Waals surface area contributed by atoms with E-state index < -0.39 is 5.82 Å². The average molecular weight is 501 g/mol. The van der Waals surface area contributed by atoms with Gasteiger partial charge in [-0.05, 0) is 52.7 Å². The van der Waals surface area contributed by atoms with E-state index in [-0.39, 0.29) is 10.8 Å². The van der Waals surface area contributed by atoms with Crippen LogP contribution in [0.15, 0.2) is 53.7 Å². The van der Waals surface area contributed by atoms with Crippen LogP contribution in [0.3, 0.4) is 0 Å². The zero-order valence-electron chi connectivity index (χ0n) is 15.8. The van der Waals surface area contributed by atoms with Crippen LogP contribution in [0.25, 0.3) is 16.7 Å². The zero-order chi connectivity index (χ0) is 21.5. The van der Waals surface area contributed by atoms with Gasteiger partial charge in [-0.25, -0.2) is 28.8 Å². The lowest BCUT2D eigenvalue weighted by molar-refractivity contribution is 0.473. The monoisotopic (exact) mass is 499 g/mol. The van der Waals surface area contributed by atoms with Gasteiger partial charge in [0.15, 0.2) is 16.2 Å². The summed E-state index contributed by atoms with van der Waals surface area (Å²) < 4.78 is 22.7. The Balaban J connectivity index is 1.48. The van der Waals surface area contributed by atoms with E-state index in [9.17, 15) is 4.39 Å². The average Bonchev–Trinajstić information content (AvgIpc) is 3.20. The summed E-state index contributed by atoms with van der Waals surface area (Å²) in [6.07, 6.45) is 3.16. The van der Waals surface area contributed by atoms with Crippen molar-refractivity contribution in [2.75, 3.05) is 5.32 Å². The number of rotatable bonds is 4. The number of nitrogens with one attached hydrogen (secondary N) is 1. The summed E-state index contributed by atoms with van der Waals surface area (Å²) in [5.74, 6) is 0.702. The molecule has 11 heteroatoms. The molecule has 0 amide bonds. The number of ether oxygens (including phenoxy) is 1. The first-order valence-corrected chi connectivity index (χ1v) is 10.2. The van der Waals surface area contributed by atoms with Crippen molar-refractivity contribution in [3.8, 4) is 11.5 Å². The molecule has 0 fully saturated rings. The molecular formula is C20H12BrClFN7O. The molecule has 0 atom stereocenters. The molecule has 4 heterocycles. The van der Waals surface area contributed by atoms with Gasteiger partial charge in [0.05, 0.1) is 11.2 Å². The first-order valence-electron chi connectivity index (χ1n) is 9.00. The number of nitrogens with zero attached hydrogens (tertiary/aromatic N) is 6. The van der Waals surface area contributed by atoms with Crippen molar-refractivity contribution in [2.24, 2.45) is 0 Å². The van der Waals surface area contributed by atoms with Gasteiger partial charge in [0.1, 0.15) is 34.3 Å². The minimum atomic E-state index is -0.519. The second-order valence-corrected chi connectivity index (χ2v) is 7.69. The van der Waals surface area contributed by atoms with Crippen LogP contribution in [0, 0.1) is 12.7 Å². The Kier molecular flexibility index (Phi) is 4.87. The van der Waals surface area contributed by atoms with Crippen molar-refractivity contribution in [1.82, 2.24) is 29.5 Å². The molecule has 0 saturated carbocycles. The minimum absolute atomic E-state index is 0.214. The molecule has 0 bridgehead atoms. The lowest BCUT2D eigenvalue weighted by Gasteiger charge is -2.14. The quantitative estimate of drug-likeness (QED) is 0.259. The Morgan fingerprint density at radius 2 is 2.00 bits per heavy atom. The third kappa shape index (κ3) is 3.87. The third-order valence-corrected chi connectivity index (χ3v) is 5.04. The van der Waals surface area contributed by atoms with Crippen molar-refractivity contribution in [3.05, 3.63) is 70.2 Å². The Hall–Kier alpha value is -3.37. The lowest BCUT2D eigenvalue weighted by atomic mass is 10.2. The number of anilines is 2. The maximum absolute atomic E-state index is 14.9. The van der Waals surface area contributed by atoms with E-state index in [1.165, 1.54) is 12.4 Å². The molecular weight excluding hydrogens is 489 g/mol. The Labute approximate surface area is 188 Å². The maximum atomic E-state index is 14.9. The SMILES string of the molecule is Cc1cc(Nc2nc(Br)nc3ccc(Cl)nc23)c(F)cc1Oc1ccn2ncnc2c1. The van der Waals surface area contributed by atoms with Gasteiger partial charge in [-0.2, -0.15) is 5.10 Å². The number of fused-ring (bicyclic) bond motifs is 2. The fourth-order valence-corrected chi connectivity index (χ4v) is 3.55. The van der Waals surface area contributed by atoms with E-state index >= 15 is 0 Å². The van der Waals surface area contributed by atoms with Gasteiger partial charge in [0.2, 0.25) is 0 Å². The molecule has 1 N–H and O–H groups in total. The number of benzene rings is 1. The number of aromatic nitrogens is 6. The summed E-state index contributed by atoms with van der Waals surface area (Å²) in [4.78, 5) is 16.9. The molecule has 31 heavy (non-hydrogen) atoms. The van der Waals surface area contributed by atoms with Crippen LogP contribution in [0.2, 0.25) is 5.15 Å². The second-order valence-electron chi connectivity index (χ2n) is 6.59. The van der Waals surface area contributed by atoms with Gasteiger partial charge < -0.3 is 10.1 Å². The summed E-state index contributed by atoms with van der Waals surface area (Å²) >= 11 is 9.27. The molecule has 8 nitrogen and oxygen atoms in total. The second kappa shape index (κ2) is 7.71. The Morgan fingerprint density at radius 3 is 2.87 bits per heavy atom. The summed E-state index contributed by atoms with van der Waals surface area (Å²) in [5.41, 5.74) is 2.55. The van der Waals surface area contributed by atoms with E-state index in [0.29, 0.717) is 44.3 Å². The number of halogens is 3. The Morgan fingerprint density at radius 1 is 1.13 bits per heavy atom. The van der Waals surface area contributed by atoms with Crippen LogP contribution in [0.1, 0.15) is 5.56 Å². The molecule has 154 valence electrons. The molecule has 0 aliphatic carbocycles. The van der Waals surface area contributed by atoms with Crippen molar-refractivity contribution in [3.63, 3.8) is 0 Å². The molecule has 5 rings (SSSR count). The molecule has 4 aromatic heterocycles. The largest absolute Gasteiger partial charge is 0.457 e. The Bertz CT molecular complexity index is 1460. The van der Waals surface area contributed by atoms with E-state index in [1.54, 1.807) is 41.0 Å². The summed E-state index contributed by atoms with van der Waals surface area (Å²) in [5, 5.41) is 7.30. The predicted molar refractivity (Wildman–Crippen MR) is 118 cm³/mol. The molecule has 0 saturated heterocycles. The first kappa shape index (κ1) is 19.6. The van der Waals surface area contributed by atoms with Crippen LogP contribution >= 0.6 is 27.5 Å². The maximum Gasteiger partial charge on any atom is 0.199 e. The zero-order valence-corrected chi connectivity index (χ0v) is 18.2. The lowest BCUT2D eigenvalue weighted by Crippen LogP contribution is -2.02. The highest BCUT2D eigenvalue weighted by Gasteiger charge is 2.14. The first-order chi connectivity index (χ1) is 15.0. The van der Waals surface area contributed by atoms with Crippen molar-refractivity contribution in [2.45, 2.75) is 6.92 Å². The highest BCUT2D eigenvalue weighted by atomic mass is 79.9. The van der Waals surface area contributed by atoms with Gasteiger partial charge in [-0.1, -0.05) is 11.6 Å². The number of pyridine rings is 2. The van der Waals surface area contributed by atoms with Crippen molar-refractivity contribution >= 4 is 55.7 Å². The molecule has 0 spiro atoms. The number of hydrogen-bond acceptors (Lipinski definition) is 7. The van der Waals surface area contributed by atoms with E-state index in [1.807, 2.05) is 6.92 Å². The van der Waals surface area contributed by atoms with Gasteiger partial charge >= 0.3 is 0 Å². The van der Waals surface area contributed by atoms with Crippen LogP contribution in [-0.2, 0) is 0 Å².